The average Bonchev–Trinajstić information content (AvgIpc) is 3.50. The third kappa shape index (κ3) is 9.77. The second-order valence-corrected chi connectivity index (χ2v) is 16.3. The molecule has 0 radical (unpaired) electrons. The molecule has 0 unspecified atom stereocenters. The van der Waals surface area contributed by atoms with Crippen LogP contribution in [0.2, 0.25) is 0 Å². The van der Waals surface area contributed by atoms with E-state index >= 15 is 0 Å². The lowest BCUT2D eigenvalue weighted by Crippen LogP contribution is -2.46. The molecule has 0 spiro atoms. The number of rotatable bonds is 6. The summed E-state index contributed by atoms with van der Waals surface area (Å²) in [7, 11) is 1.41. The van der Waals surface area contributed by atoms with Crippen LogP contribution in [0.25, 0.3) is 0 Å². The van der Waals surface area contributed by atoms with E-state index in [1.807, 2.05) is 6.92 Å². The smallest absolute Gasteiger partial charge is 0.462 e. The zero-order chi connectivity index (χ0) is 46.7. The van der Waals surface area contributed by atoms with Gasteiger partial charge in [-0.1, -0.05) is 63.6 Å². The van der Waals surface area contributed by atoms with Gasteiger partial charge in [-0.3, -0.25) is 24.0 Å². The lowest BCUT2D eigenvalue weighted by atomic mass is 9.78. The summed E-state index contributed by atoms with van der Waals surface area (Å²) < 4.78 is 34.3. The first-order valence-corrected chi connectivity index (χ1v) is 20.7. The molecule has 3 heterocycles. The molecule has 0 saturated heterocycles. The molecular weight excluding hydrogens is 817 g/mol. The Labute approximate surface area is 366 Å². The molecule has 2 aromatic rings. The van der Waals surface area contributed by atoms with E-state index in [0.717, 1.165) is 11.8 Å². The SMILES string of the molecule is CCOC(=O)Oc1c(C)c2c3c4c1C(=O)C(=C(Nc1ccc(C)cc1)C4=O)NC(=O)/C(C)=C\C=C\[C@H](C)[C@H](O)[C@@H](C)[C@H](O)[C@H](C)[C@H](OC(C)=O)[C@H](C)[C@@H](OC)/C=C/O[C@@](C)(O2)C3=O. The van der Waals surface area contributed by atoms with E-state index in [0.29, 0.717) is 5.69 Å². The number of aliphatic hydroxyl groups excluding tert-OH is 2. The number of esters is 1. The molecule has 9 atom stereocenters. The van der Waals surface area contributed by atoms with E-state index in [4.69, 9.17) is 28.4 Å². The number of Topliss-reactive ketones (excluding diaryl/α,β-unsaturated/α-hetero) is 3. The summed E-state index contributed by atoms with van der Waals surface area (Å²) in [4.78, 5) is 83.7. The number of hydrogen-bond donors (Lipinski definition) is 4. The Bertz CT molecular complexity index is 2290. The standard InChI is InChI=1S/C47H56N2O14/c1-12-59-46(57)62-42-28(8)43-34-32-33(42)40(54)36(35(39(32)53)48-30-18-16-22(2)17-19-30)49-45(56)24(4)15-13-14-23(3)37(51)26(6)38(52)27(7)41(61-29(9)50)25(5)31(58-11)20-21-60-47(10,63-43)44(34)55/h13-21,23,25-27,31,37-38,41,48,51-52H,12H2,1-11H3,(H,49,56)/b14-13+,21-20+,24-15-/t23-,25+,26+,27-,31-,37-,38-,41+,47-/m0/s1. The van der Waals surface area contributed by atoms with E-state index in [2.05, 4.69) is 10.6 Å². The van der Waals surface area contributed by atoms with Crippen LogP contribution in [0.15, 0.2) is 71.8 Å². The highest BCUT2D eigenvalue weighted by Crippen LogP contribution is 2.49. The van der Waals surface area contributed by atoms with Crippen LogP contribution < -0.4 is 20.1 Å². The van der Waals surface area contributed by atoms with E-state index in [9.17, 15) is 39.0 Å². The number of allylic oxidation sites excluding steroid dienone is 4. The average molecular weight is 873 g/mol. The number of ether oxygens (including phenoxy) is 6. The molecule has 0 aromatic heterocycles. The molecule has 16 nitrogen and oxygen atoms in total. The van der Waals surface area contributed by atoms with Crippen molar-refractivity contribution >= 4 is 41.1 Å². The number of fused-ring (bicyclic) bond motifs is 14. The maximum absolute atomic E-state index is 15.0. The number of hydrogen-bond acceptors (Lipinski definition) is 15. The number of benzene rings is 2. The van der Waals surface area contributed by atoms with Gasteiger partial charge in [-0.05, 0) is 45.9 Å². The molecule has 0 saturated carbocycles. The number of anilines is 1. The summed E-state index contributed by atoms with van der Waals surface area (Å²) >= 11 is 0. The minimum absolute atomic E-state index is 0.0272. The maximum Gasteiger partial charge on any atom is 0.513 e. The number of aliphatic hydroxyl groups is 2. The van der Waals surface area contributed by atoms with Gasteiger partial charge in [0, 0.05) is 61.5 Å². The van der Waals surface area contributed by atoms with Crippen molar-refractivity contribution < 1.29 is 67.4 Å². The molecule has 3 aliphatic heterocycles. The second kappa shape index (κ2) is 19.5. The van der Waals surface area contributed by atoms with Crippen LogP contribution in [0, 0.1) is 37.5 Å². The predicted octanol–water partition coefficient (Wildman–Crippen LogP) is 6.21. The molecule has 0 fully saturated rings. The maximum atomic E-state index is 15.0. The van der Waals surface area contributed by atoms with Gasteiger partial charge in [-0.15, -0.1) is 0 Å². The van der Waals surface area contributed by atoms with E-state index in [1.54, 1.807) is 58.0 Å². The van der Waals surface area contributed by atoms with Crippen LogP contribution in [0.1, 0.15) is 97.6 Å². The summed E-state index contributed by atoms with van der Waals surface area (Å²) in [5.41, 5.74) is -0.886. The third-order valence-electron chi connectivity index (χ3n) is 11.7. The first-order valence-electron chi connectivity index (χ1n) is 20.7. The van der Waals surface area contributed by atoms with Gasteiger partial charge in [0.2, 0.25) is 11.6 Å². The Hall–Kier alpha value is -6.10. The topological polar surface area (TPSA) is 222 Å². The number of amides is 1. The van der Waals surface area contributed by atoms with Gasteiger partial charge in [-0.25, -0.2) is 4.79 Å². The lowest BCUT2D eigenvalue weighted by molar-refractivity contribution is -0.160. The number of carbonyl (C=O) groups is 6. The summed E-state index contributed by atoms with van der Waals surface area (Å²) in [6, 6.07) is 6.83. The fraction of sp³-hybridized carbons (Fsp3) is 0.447. The van der Waals surface area contributed by atoms with Gasteiger partial charge in [0.05, 0.1) is 47.9 Å². The normalized spacial score (nSPS) is 29.7. The van der Waals surface area contributed by atoms with Crippen LogP contribution in [0.4, 0.5) is 10.5 Å². The van der Waals surface area contributed by atoms with Crippen molar-refractivity contribution in [3.63, 3.8) is 0 Å². The van der Waals surface area contributed by atoms with Crippen molar-refractivity contribution in [1.82, 2.24) is 5.32 Å². The largest absolute Gasteiger partial charge is 0.513 e. The minimum Gasteiger partial charge on any atom is -0.462 e. The number of nitrogens with one attached hydrogen (secondary N) is 2. The van der Waals surface area contributed by atoms with Gasteiger partial charge in [0.1, 0.15) is 23.2 Å². The molecule has 16 heteroatoms. The van der Waals surface area contributed by atoms with Crippen molar-refractivity contribution in [2.24, 2.45) is 23.7 Å². The lowest BCUT2D eigenvalue weighted by Gasteiger charge is -2.38. The molecule has 6 rings (SSSR count). The molecule has 5 bridgehead atoms. The van der Waals surface area contributed by atoms with E-state index in [-0.39, 0.29) is 29.1 Å². The quantitative estimate of drug-likeness (QED) is 0.187. The first kappa shape index (κ1) is 47.9. The summed E-state index contributed by atoms with van der Waals surface area (Å²) in [6.45, 7) is 15.5. The molecule has 2 aromatic carbocycles. The van der Waals surface area contributed by atoms with E-state index in [1.165, 1.54) is 60.0 Å². The van der Waals surface area contributed by atoms with E-state index < -0.39 is 118 Å². The van der Waals surface area contributed by atoms with Gasteiger partial charge in [-0.2, -0.15) is 0 Å². The van der Waals surface area contributed by atoms with Crippen LogP contribution in [0.5, 0.6) is 11.5 Å². The second-order valence-electron chi connectivity index (χ2n) is 16.3. The number of aryl methyl sites for hydroxylation is 1. The zero-order valence-electron chi connectivity index (χ0n) is 37.3. The Morgan fingerprint density at radius 3 is 2.17 bits per heavy atom. The molecule has 63 heavy (non-hydrogen) atoms. The van der Waals surface area contributed by atoms with Crippen molar-refractivity contribution in [3.8, 4) is 11.5 Å². The van der Waals surface area contributed by atoms with Crippen molar-refractivity contribution in [2.75, 3.05) is 19.0 Å². The van der Waals surface area contributed by atoms with Crippen molar-refractivity contribution in [2.45, 2.75) is 99.4 Å². The van der Waals surface area contributed by atoms with Crippen LogP contribution >= 0.6 is 0 Å². The Balaban J connectivity index is 1.75. The summed E-state index contributed by atoms with van der Waals surface area (Å²) in [6.07, 6.45) is 1.95. The van der Waals surface area contributed by atoms with Gasteiger partial charge in [0.15, 0.2) is 5.75 Å². The number of methoxy groups -OCH3 is 1. The van der Waals surface area contributed by atoms with Crippen molar-refractivity contribution in [3.05, 3.63) is 99.6 Å². The summed E-state index contributed by atoms with van der Waals surface area (Å²) in [5, 5.41) is 28.5. The highest BCUT2D eigenvalue weighted by Gasteiger charge is 2.53. The molecular formula is C47H56N2O14. The third-order valence-corrected chi connectivity index (χ3v) is 11.7. The molecule has 4 N–H and O–H groups in total. The van der Waals surface area contributed by atoms with Crippen LogP contribution in [-0.4, -0.2) is 89.5 Å². The first-order chi connectivity index (χ1) is 29.7. The summed E-state index contributed by atoms with van der Waals surface area (Å²) in [5.74, 6) is -9.64. The highest BCUT2D eigenvalue weighted by molar-refractivity contribution is 6.33. The molecule has 1 amide bonds. The zero-order valence-corrected chi connectivity index (χ0v) is 37.3. The minimum atomic E-state index is -2.17. The molecule has 4 aliphatic rings. The Morgan fingerprint density at radius 2 is 1.56 bits per heavy atom. The number of ketones is 3. The fourth-order valence-electron chi connectivity index (χ4n) is 7.94. The molecule has 338 valence electrons. The Kier molecular flexibility index (Phi) is 14.9. The molecule has 1 aliphatic carbocycles. The van der Waals surface area contributed by atoms with Crippen LogP contribution in [0.3, 0.4) is 0 Å². The Morgan fingerprint density at radius 1 is 0.889 bits per heavy atom. The number of carbonyl (C=O) groups excluding carboxylic acids is 6. The van der Waals surface area contributed by atoms with Gasteiger partial charge < -0.3 is 49.3 Å². The van der Waals surface area contributed by atoms with Gasteiger partial charge >= 0.3 is 17.9 Å². The predicted molar refractivity (Wildman–Crippen MR) is 229 cm³/mol. The monoisotopic (exact) mass is 872 g/mol. The van der Waals surface area contributed by atoms with Crippen LogP contribution in [-0.2, 0) is 28.5 Å². The van der Waals surface area contributed by atoms with Crippen molar-refractivity contribution in [1.29, 1.82) is 0 Å². The van der Waals surface area contributed by atoms with Gasteiger partial charge in [0.25, 0.3) is 11.7 Å². The highest BCUT2D eigenvalue weighted by atomic mass is 16.7. The fourth-order valence-corrected chi connectivity index (χ4v) is 7.94.